The van der Waals surface area contributed by atoms with E-state index in [0.717, 1.165) is 6.42 Å². The zero-order chi connectivity index (χ0) is 10.6. The maximum Gasteiger partial charge on any atom is 0.181 e. The van der Waals surface area contributed by atoms with Gasteiger partial charge in [-0.3, -0.25) is 0 Å². The van der Waals surface area contributed by atoms with Gasteiger partial charge in [0.05, 0.1) is 5.69 Å². The summed E-state index contributed by atoms with van der Waals surface area (Å²) in [6.07, 6.45) is 0.475. The third kappa shape index (κ3) is 2.40. The number of hydrogen-bond acceptors (Lipinski definition) is 3. The van der Waals surface area contributed by atoms with Crippen molar-refractivity contribution >= 4 is 5.69 Å². The van der Waals surface area contributed by atoms with Crippen LogP contribution < -0.4 is 10.5 Å². The Morgan fingerprint density at radius 3 is 2.79 bits per heavy atom. The highest BCUT2D eigenvalue weighted by Crippen LogP contribution is 2.23. The summed E-state index contributed by atoms with van der Waals surface area (Å²) in [6, 6.07) is 7.63. The molecule has 1 unspecified atom stereocenters. The fourth-order valence-corrected chi connectivity index (χ4v) is 1.14. The molecule has 3 heteroatoms. The number of anilines is 1. The van der Waals surface area contributed by atoms with E-state index < -0.39 is 6.10 Å². The molecule has 1 rings (SSSR count). The molecule has 0 aliphatic carbocycles. The van der Waals surface area contributed by atoms with Crippen molar-refractivity contribution in [3.8, 4) is 11.8 Å². The van der Waals surface area contributed by atoms with E-state index in [0.29, 0.717) is 11.4 Å². The molecule has 0 saturated carbocycles. The van der Waals surface area contributed by atoms with Gasteiger partial charge in [-0.2, -0.15) is 5.26 Å². The van der Waals surface area contributed by atoms with Crippen LogP contribution >= 0.6 is 0 Å². The second-order valence-electron chi connectivity index (χ2n) is 3.11. The molecular weight excluding hydrogens is 176 g/mol. The second-order valence-corrected chi connectivity index (χ2v) is 3.11. The van der Waals surface area contributed by atoms with E-state index in [2.05, 4.69) is 6.92 Å². The molecule has 0 aliphatic heterocycles. The maximum absolute atomic E-state index is 8.57. The molecular formula is C11H14N2O. The molecule has 0 heterocycles. The van der Waals surface area contributed by atoms with Gasteiger partial charge in [0.25, 0.3) is 0 Å². The topological polar surface area (TPSA) is 59.0 Å². The number of benzene rings is 1. The van der Waals surface area contributed by atoms with Crippen LogP contribution in [0.15, 0.2) is 18.2 Å². The van der Waals surface area contributed by atoms with E-state index in [1.165, 1.54) is 5.56 Å². The zero-order valence-corrected chi connectivity index (χ0v) is 8.45. The van der Waals surface area contributed by atoms with Crippen molar-refractivity contribution in [2.45, 2.75) is 26.4 Å². The average molecular weight is 190 g/mol. The number of hydrogen-bond donors (Lipinski definition) is 1. The Morgan fingerprint density at radius 2 is 2.29 bits per heavy atom. The van der Waals surface area contributed by atoms with Crippen molar-refractivity contribution in [2.75, 3.05) is 5.73 Å². The molecule has 14 heavy (non-hydrogen) atoms. The first-order valence-electron chi connectivity index (χ1n) is 4.62. The summed E-state index contributed by atoms with van der Waals surface area (Å²) in [5, 5.41) is 8.57. The largest absolute Gasteiger partial charge is 0.474 e. The number of ether oxygens (including phenoxy) is 1. The summed E-state index contributed by atoms with van der Waals surface area (Å²) in [4.78, 5) is 0. The lowest BCUT2D eigenvalue weighted by Gasteiger charge is -2.10. The summed E-state index contributed by atoms with van der Waals surface area (Å²) in [7, 11) is 0. The van der Waals surface area contributed by atoms with E-state index in [9.17, 15) is 0 Å². The summed E-state index contributed by atoms with van der Waals surface area (Å²) in [6.45, 7) is 3.75. The molecule has 0 amide bonds. The lowest BCUT2D eigenvalue weighted by molar-refractivity contribution is 0.278. The maximum atomic E-state index is 8.57. The monoisotopic (exact) mass is 190 g/mol. The smallest absolute Gasteiger partial charge is 0.181 e. The molecule has 74 valence electrons. The van der Waals surface area contributed by atoms with Crippen LogP contribution in [0.1, 0.15) is 19.4 Å². The number of nitriles is 1. The van der Waals surface area contributed by atoms with Crippen LogP contribution in [-0.4, -0.2) is 6.10 Å². The van der Waals surface area contributed by atoms with Crippen molar-refractivity contribution in [1.29, 1.82) is 5.26 Å². The molecule has 0 radical (unpaired) electrons. The van der Waals surface area contributed by atoms with Gasteiger partial charge in [0, 0.05) is 0 Å². The quantitative estimate of drug-likeness (QED) is 0.743. The minimum atomic E-state index is -0.468. The van der Waals surface area contributed by atoms with Gasteiger partial charge in [0.2, 0.25) is 0 Å². The highest BCUT2D eigenvalue weighted by atomic mass is 16.5. The van der Waals surface area contributed by atoms with E-state index in [4.69, 9.17) is 15.7 Å². The molecule has 0 aromatic heterocycles. The fraction of sp³-hybridized carbons (Fsp3) is 0.364. The lowest BCUT2D eigenvalue weighted by Crippen LogP contribution is -2.09. The normalized spacial score (nSPS) is 11.8. The fourth-order valence-electron chi connectivity index (χ4n) is 1.14. The number of nitrogen functional groups attached to an aromatic ring is 1. The van der Waals surface area contributed by atoms with Crippen LogP contribution in [0.25, 0.3) is 0 Å². The Hall–Kier alpha value is -1.69. The third-order valence-corrected chi connectivity index (χ3v) is 1.97. The molecule has 2 N–H and O–H groups in total. The first-order valence-corrected chi connectivity index (χ1v) is 4.62. The highest BCUT2D eigenvalue weighted by molar-refractivity contribution is 5.54. The van der Waals surface area contributed by atoms with Gasteiger partial charge in [-0.25, -0.2) is 0 Å². The van der Waals surface area contributed by atoms with Gasteiger partial charge < -0.3 is 10.5 Å². The minimum absolute atomic E-state index is 0.468. The summed E-state index contributed by atoms with van der Waals surface area (Å²) in [5.41, 5.74) is 7.52. The van der Waals surface area contributed by atoms with Gasteiger partial charge >= 0.3 is 0 Å². The number of aryl methyl sites for hydroxylation is 1. The van der Waals surface area contributed by atoms with Crippen molar-refractivity contribution in [2.24, 2.45) is 0 Å². The average Bonchev–Trinajstić information content (AvgIpc) is 2.20. The van der Waals surface area contributed by atoms with Crippen LogP contribution in [0.2, 0.25) is 0 Å². The van der Waals surface area contributed by atoms with Gasteiger partial charge in [-0.05, 0) is 31.0 Å². The summed E-state index contributed by atoms with van der Waals surface area (Å²) < 4.78 is 5.31. The SMILES string of the molecule is CCc1ccc(OC(C)C#N)c(N)c1. The Morgan fingerprint density at radius 1 is 1.57 bits per heavy atom. The van der Waals surface area contributed by atoms with Crippen LogP contribution in [0.3, 0.4) is 0 Å². The first-order chi connectivity index (χ1) is 6.67. The molecule has 0 spiro atoms. The highest BCUT2D eigenvalue weighted by Gasteiger charge is 2.05. The molecule has 0 fully saturated rings. The molecule has 1 atom stereocenters. The molecule has 3 nitrogen and oxygen atoms in total. The predicted molar refractivity (Wildman–Crippen MR) is 55.9 cm³/mol. The van der Waals surface area contributed by atoms with Gasteiger partial charge in [-0.15, -0.1) is 0 Å². The Kier molecular flexibility index (Phi) is 3.35. The van der Waals surface area contributed by atoms with E-state index in [1.54, 1.807) is 6.92 Å². The molecule has 0 aliphatic rings. The van der Waals surface area contributed by atoms with Crippen molar-refractivity contribution in [3.63, 3.8) is 0 Å². The lowest BCUT2D eigenvalue weighted by atomic mass is 10.1. The van der Waals surface area contributed by atoms with Crippen molar-refractivity contribution < 1.29 is 4.74 Å². The van der Waals surface area contributed by atoms with Crippen molar-refractivity contribution in [3.05, 3.63) is 23.8 Å². The van der Waals surface area contributed by atoms with Crippen LogP contribution in [0, 0.1) is 11.3 Å². The predicted octanol–water partition coefficient (Wildman–Crippen LogP) is 2.12. The van der Waals surface area contributed by atoms with E-state index >= 15 is 0 Å². The second kappa shape index (κ2) is 4.52. The third-order valence-electron chi connectivity index (χ3n) is 1.97. The standard InChI is InChI=1S/C11H14N2O/c1-3-9-4-5-11(10(13)6-9)14-8(2)7-12/h4-6,8H,3,13H2,1-2H3. The minimum Gasteiger partial charge on any atom is -0.474 e. The number of nitrogens with two attached hydrogens (primary N) is 1. The number of rotatable bonds is 3. The van der Waals surface area contributed by atoms with Gasteiger partial charge in [0.1, 0.15) is 11.8 Å². The first kappa shape index (κ1) is 10.4. The van der Waals surface area contributed by atoms with E-state index in [1.807, 2.05) is 24.3 Å². The van der Waals surface area contributed by atoms with Gasteiger partial charge in [0.15, 0.2) is 6.10 Å². The van der Waals surface area contributed by atoms with Gasteiger partial charge in [-0.1, -0.05) is 13.0 Å². The van der Waals surface area contributed by atoms with Crippen LogP contribution in [-0.2, 0) is 6.42 Å². The molecule has 1 aromatic carbocycles. The van der Waals surface area contributed by atoms with Crippen molar-refractivity contribution in [1.82, 2.24) is 0 Å². The molecule has 0 bridgehead atoms. The summed E-state index contributed by atoms with van der Waals surface area (Å²) >= 11 is 0. The summed E-state index contributed by atoms with van der Waals surface area (Å²) in [5.74, 6) is 0.580. The van der Waals surface area contributed by atoms with E-state index in [-0.39, 0.29) is 0 Å². The Labute approximate surface area is 84.1 Å². The number of nitrogens with zero attached hydrogens (tertiary/aromatic N) is 1. The Balaban J connectivity index is 2.85. The Bertz CT molecular complexity index is 355. The molecule has 1 aromatic rings. The molecule has 0 saturated heterocycles. The zero-order valence-electron chi connectivity index (χ0n) is 8.45. The van der Waals surface area contributed by atoms with Crippen LogP contribution in [0.5, 0.6) is 5.75 Å². The van der Waals surface area contributed by atoms with Crippen LogP contribution in [0.4, 0.5) is 5.69 Å².